The van der Waals surface area contributed by atoms with E-state index >= 15 is 0 Å². The van der Waals surface area contributed by atoms with Gasteiger partial charge in [-0.25, -0.2) is 0 Å². The summed E-state index contributed by atoms with van der Waals surface area (Å²) in [5.41, 5.74) is 13.1. The molecular weight excluding hydrogens is 655 g/mol. The van der Waals surface area contributed by atoms with Crippen molar-refractivity contribution >= 4 is 27.8 Å². The Morgan fingerprint density at radius 1 is 0.556 bits per heavy atom. The molecule has 1 aliphatic heterocycles. The fraction of sp³-hybridized carbons (Fsp3) is 0.346. The molecule has 2 spiro atoms. The Morgan fingerprint density at radius 3 is 2.09 bits per heavy atom. The number of benzene rings is 6. The molecule has 0 amide bonds. The Balaban J connectivity index is 1.02. The normalized spacial score (nSPS) is 29.6. The number of para-hydroxylation sites is 1. The maximum Gasteiger partial charge on any atom is 0.131 e. The van der Waals surface area contributed by atoms with Crippen molar-refractivity contribution in [2.45, 2.75) is 82.5 Å². The molecule has 4 saturated carbocycles. The Kier molecular flexibility index (Phi) is 6.12. The van der Waals surface area contributed by atoms with E-state index in [1.165, 1.54) is 99.7 Å². The number of nitrogens with zero attached hydrogens (tertiary/aromatic N) is 1. The van der Waals surface area contributed by atoms with Gasteiger partial charge in [0.05, 0.1) is 0 Å². The molecule has 268 valence electrons. The van der Waals surface area contributed by atoms with Crippen molar-refractivity contribution in [2.75, 3.05) is 4.90 Å². The number of rotatable bonds is 4. The molecule has 2 nitrogen and oxygen atoms in total. The molecule has 2 bridgehead atoms. The molecule has 54 heavy (non-hydrogen) atoms. The molecule has 0 aromatic heterocycles. The molecule has 5 aliphatic carbocycles. The summed E-state index contributed by atoms with van der Waals surface area (Å²) < 4.78 is 6.83. The van der Waals surface area contributed by atoms with Crippen LogP contribution in [-0.4, -0.2) is 0 Å². The number of hydrogen-bond donors (Lipinski definition) is 0. The van der Waals surface area contributed by atoms with Crippen LogP contribution in [0.15, 0.2) is 127 Å². The van der Waals surface area contributed by atoms with Crippen molar-refractivity contribution in [3.63, 3.8) is 0 Å². The number of hydrogen-bond acceptors (Lipinski definition) is 2. The van der Waals surface area contributed by atoms with Crippen LogP contribution < -0.4 is 9.64 Å². The van der Waals surface area contributed by atoms with E-state index in [0.717, 1.165) is 23.3 Å². The molecule has 1 heterocycles. The second-order valence-corrected chi connectivity index (χ2v) is 19.2. The third-order valence-electron chi connectivity index (χ3n) is 16.0. The Morgan fingerprint density at radius 2 is 1.24 bits per heavy atom. The zero-order chi connectivity index (χ0) is 36.2. The summed E-state index contributed by atoms with van der Waals surface area (Å²) in [5, 5.41) is 2.52. The van der Waals surface area contributed by atoms with Gasteiger partial charge < -0.3 is 9.64 Å². The minimum atomic E-state index is 0.0394. The highest BCUT2D eigenvalue weighted by Crippen LogP contribution is 2.89. The van der Waals surface area contributed by atoms with Gasteiger partial charge in [-0.1, -0.05) is 107 Å². The lowest BCUT2D eigenvalue weighted by atomic mass is 9.26. The zero-order valence-corrected chi connectivity index (χ0v) is 32.0. The summed E-state index contributed by atoms with van der Waals surface area (Å²) in [6, 6.07) is 48.3. The van der Waals surface area contributed by atoms with Gasteiger partial charge in [0, 0.05) is 33.6 Å². The highest BCUT2D eigenvalue weighted by molar-refractivity contribution is 5.90. The van der Waals surface area contributed by atoms with Gasteiger partial charge in [0.25, 0.3) is 0 Å². The van der Waals surface area contributed by atoms with E-state index in [9.17, 15) is 0 Å². The van der Waals surface area contributed by atoms with Gasteiger partial charge in [0.15, 0.2) is 0 Å². The molecule has 6 aliphatic rings. The zero-order valence-electron chi connectivity index (χ0n) is 32.0. The van der Waals surface area contributed by atoms with Crippen LogP contribution in [-0.2, 0) is 16.2 Å². The standard InChI is InChI=1S/C52H49NO/c1-49(2)24-25-50(3,4)48-40(12-9-14-42(48)49)34-17-19-37(20-18-34)53(38-21-16-33-10-5-6-11-35(33)28-38)39-22-23-45-43(30-39)52(41-13-7-8-15-44(41)54-45)46-27-32-26-36-29-47(52)51(36,46)31-32/h5-23,28,30,32,36,46-47H,24-27,29,31H2,1-4H3. The van der Waals surface area contributed by atoms with Crippen molar-refractivity contribution in [2.24, 2.45) is 29.1 Å². The highest BCUT2D eigenvalue weighted by Gasteiger charge is 2.84. The van der Waals surface area contributed by atoms with Gasteiger partial charge in [-0.15, -0.1) is 0 Å². The molecule has 6 atom stereocenters. The molecule has 0 radical (unpaired) electrons. The fourth-order valence-electron chi connectivity index (χ4n) is 13.7. The highest BCUT2D eigenvalue weighted by atomic mass is 16.5. The second-order valence-electron chi connectivity index (χ2n) is 19.2. The average molecular weight is 704 g/mol. The van der Waals surface area contributed by atoms with Crippen molar-refractivity contribution in [1.29, 1.82) is 0 Å². The van der Waals surface area contributed by atoms with Crippen molar-refractivity contribution in [1.82, 2.24) is 0 Å². The molecule has 6 aromatic carbocycles. The predicted octanol–water partition coefficient (Wildman–Crippen LogP) is 13.8. The summed E-state index contributed by atoms with van der Waals surface area (Å²) in [4.78, 5) is 2.50. The van der Waals surface area contributed by atoms with Crippen LogP contribution in [0.2, 0.25) is 0 Å². The first-order valence-corrected chi connectivity index (χ1v) is 20.6. The maximum absolute atomic E-state index is 6.83. The number of anilines is 3. The SMILES string of the molecule is CC1(C)CCC(C)(C)c2c(-c3ccc(N(c4ccc5c(c4)C4(c6ccccc6O5)C5CC6CC7CC4C75C6)c4ccc5ccccc5c4)cc3)cccc21. The first kappa shape index (κ1) is 31.5. The average Bonchev–Trinajstić information content (AvgIpc) is 3.72. The smallest absolute Gasteiger partial charge is 0.131 e. The van der Waals surface area contributed by atoms with Gasteiger partial charge in [-0.3, -0.25) is 0 Å². The van der Waals surface area contributed by atoms with Crippen LogP contribution in [0.4, 0.5) is 17.1 Å². The van der Waals surface area contributed by atoms with Crippen LogP contribution in [0.1, 0.15) is 88.5 Å². The van der Waals surface area contributed by atoms with Gasteiger partial charge >= 0.3 is 0 Å². The van der Waals surface area contributed by atoms with Gasteiger partial charge in [0.1, 0.15) is 11.5 Å². The molecule has 12 rings (SSSR count). The summed E-state index contributed by atoms with van der Waals surface area (Å²) in [5.74, 6) is 5.42. The van der Waals surface area contributed by atoms with Crippen LogP contribution >= 0.6 is 0 Å². The molecule has 0 N–H and O–H groups in total. The van der Waals surface area contributed by atoms with Crippen LogP contribution in [0.3, 0.4) is 0 Å². The number of fused-ring (bicyclic) bond motifs is 9. The van der Waals surface area contributed by atoms with Crippen LogP contribution in [0, 0.1) is 29.1 Å². The van der Waals surface area contributed by atoms with Crippen LogP contribution in [0.5, 0.6) is 11.5 Å². The molecule has 2 heteroatoms. The van der Waals surface area contributed by atoms with Crippen molar-refractivity contribution in [3.05, 3.63) is 150 Å². The largest absolute Gasteiger partial charge is 0.457 e. The van der Waals surface area contributed by atoms with Crippen molar-refractivity contribution < 1.29 is 4.74 Å². The van der Waals surface area contributed by atoms with E-state index in [4.69, 9.17) is 4.74 Å². The topological polar surface area (TPSA) is 12.5 Å². The summed E-state index contributed by atoms with van der Waals surface area (Å²) in [7, 11) is 0. The predicted molar refractivity (Wildman–Crippen MR) is 222 cm³/mol. The molecule has 6 aromatic rings. The van der Waals surface area contributed by atoms with Gasteiger partial charge in [-0.2, -0.15) is 0 Å². The Labute approximate surface area is 320 Å². The van der Waals surface area contributed by atoms with E-state index in [1.807, 2.05) is 0 Å². The lowest BCUT2D eigenvalue weighted by molar-refractivity contribution is -0.235. The molecule has 4 fully saturated rings. The van der Waals surface area contributed by atoms with Gasteiger partial charge in [-0.05, 0) is 160 Å². The van der Waals surface area contributed by atoms with E-state index in [1.54, 1.807) is 0 Å². The lowest BCUT2D eigenvalue weighted by Crippen LogP contribution is -2.74. The quantitative estimate of drug-likeness (QED) is 0.181. The summed E-state index contributed by atoms with van der Waals surface area (Å²) >= 11 is 0. The van der Waals surface area contributed by atoms with E-state index in [2.05, 4.69) is 160 Å². The first-order valence-electron chi connectivity index (χ1n) is 20.6. The number of ether oxygens (including phenoxy) is 1. The minimum absolute atomic E-state index is 0.0394. The fourth-order valence-corrected chi connectivity index (χ4v) is 13.7. The summed E-state index contributed by atoms with van der Waals surface area (Å²) in [6.07, 6.45) is 8.10. The second kappa shape index (κ2) is 10.5. The monoisotopic (exact) mass is 703 g/mol. The maximum atomic E-state index is 6.83. The van der Waals surface area contributed by atoms with E-state index in [-0.39, 0.29) is 16.2 Å². The summed E-state index contributed by atoms with van der Waals surface area (Å²) in [6.45, 7) is 9.73. The first-order chi connectivity index (χ1) is 26.2. The Bertz CT molecular complexity index is 2540. The minimum Gasteiger partial charge on any atom is -0.457 e. The molecule has 6 unspecified atom stereocenters. The third kappa shape index (κ3) is 3.87. The van der Waals surface area contributed by atoms with E-state index < -0.39 is 0 Å². The van der Waals surface area contributed by atoms with Gasteiger partial charge in [0.2, 0.25) is 0 Å². The Hall–Kier alpha value is -4.82. The third-order valence-corrected chi connectivity index (χ3v) is 16.0. The molecule has 0 saturated heterocycles. The molecular formula is C52H49NO. The van der Waals surface area contributed by atoms with E-state index in [0.29, 0.717) is 17.3 Å². The van der Waals surface area contributed by atoms with Crippen molar-refractivity contribution in [3.8, 4) is 22.6 Å². The van der Waals surface area contributed by atoms with Crippen LogP contribution in [0.25, 0.3) is 21.9 Å². The lowest BCUT2D eigenvalue weighted by Gasteiger charge is -2.77.